The molecule has 2 unspecified atom stereocenters. The van der Waals surface area contributed by atoms with Crippen LogP contribution in [-0.2, 0) is 13.0 Å². The molecule has 2 heterocycles. The second-order valence-electron chi connectivity index (χ2n) is 4.71. The lowest BCUT2D eigenvalue weighted by Gasteiger charge is -2.27. The summed E-state index contributed by atoms with van der Waals surface area (Å²) in [4.78, 5) is 0. The fraction of sp³-hybridized carbons (Fsp3) is 0.750. The van der Waals surface area contributed by atoms with E-state index >= 15 is 0 Å². The van der Waals surface area contributed by atoms with Gasteiger partial charge in [-0.1, -0.05) is 6.92 Å². The molecule has 1 N–H and O–H groups in total. The number of aliphatic hydroxyl groups is 1. The maximum absolute atomic E-state index is 10.7. The molecule has 5 heteroatoms. The molecule has 1 aliphatic rings. The first-order chi connectivity index (χ1) is 7.98. The molecule has 1 saturated heterocycles. The van der Waals surface area contributed by atoms with Crippen LogP contribution in [0.3, 0.4) is 0 Å². The van der Waals surface area contributed by atoms with Gasteiger partial charge in [0.2, 0.25) is 0 Å². The third-order valence-corrected chi connectivity index (χ3v) is 6.00. The highest BCUT2D eigenvalue weighted by molar-refractivity contribution is 9.10. The van der Waals surface area contributed by atoms with Crippen LogP contribution in [0.4, 0.5) is 0 Å². The van der Waals surface area contributed by atoms with Crippen LogP contribution in [0.5, 0.6) is 0 Å². The fourth-order valence-electron chi connectivity index (χ4n) is 2.33. The Bertz CT molecular complexity index is 421. The van der Waals surface area contributed by atoms with Crippen molar-refractivity contribution in [1.82, 2.24) is 9.78 Å². The minimum Gasteiger partial charge on any atom is -0.388 e. The van der Waals surface area contributed by atoms with Gasteiger partial charge < -0.3 is 5.11 Å². The molecule has 0 spiro atoms. The summed E-state index contributed by atoms with van der Waals surface area (Å²) in [7, 11) is 0. The summed E-state index contributed by atoms with van der Waals surface area (Å²) in [5.41, 5.74) is 1.55. The number of rotatable bonds is 3. The molecule has 3 nitrogen and oxygen atoms in total. The average Bonchev–Trinajstić information content (AvgIpc) is 2.75. The molecule has 0 bridgehead atoms. The Morgan fingerprint density at radius 1 is 1.65 bits per heavy atom. The molecule has 2 rings (SSSR count). The Balaban J connectivity index is 2.29. The van der Waals surface area contributed by atoms with Crippen LogP contribution < -0.4 is 0 Å². The number of hydrogen-bond acceptors (Lipinski definition) is 3. The Hall–Kier alpha value is -0.0000000000000000555. The summed E-state index contributed by atoms with van der Waals surface area (Å²) in [5.74, 6) is 1.05. The lowest BCUT2D eigenvalue weighted by Crippen LogP contribution is -2.37. The SMILES string of the molecule is CCn1nc(C)c(Br)c1CC1(O)CCSC1C. The van der Waals surface area contributed by atoms with Crippen LogP contribution in [0.15, 0.2) is 4.47 Å². The van der Waals surface area contributed by atoms with E-state index in [1.807, 2.05) is 23.4 Å². The number of thioether (sulfide) groups is 1. The lowest BCUT2D eigenvalue weighted by molar-refractivity contribution is 0.0442. The van der Waals surface area contributed by atoms with Crippen molar-refractivity contribution >= 4 is 27.7 Å². The van der Waals surface area contributed by atoms with Crippen molar-refractivity contribution in [1.29, 1.82) is 0 Å². The lowest BCUT2D eigenvalue weighted by atomic mass is 9.91. The second-order valence-corrected chi connectivity index (χ2v) is 6.95. The van der Waals surface area contributed by atoms with E-state index in [2.05, 4.69) is 34.9 Å². The van der Waals surface area contributed by atoms with Gasteiger partial charge in [0.05, 0.1) is 21.5 Å². The van der Waals surface area contributed by atoms with E-state index in [1.165, 1.54) is 0 Å². The Morgan fingerprint density at radius 3 is 2.88 bits per heavy atom. The van der Waals surface area contributed by atoms with E-state index in [0.717, 1.165) is 34.6 Å². The molecule has 1 aromatic heterocycles. The summed E-state index contributed by atoms with van der Waals surface area (Å²) in [6, 6.07) is 0. The van der Waals surface area contributed by atoms with Crippen molar-refractivity contribution in [3.63, 3.8) is 0 Å². The topological polar surface area (TPSA) is 38.0 Å². The first-order valence-electron chi connectivity index (χ1n) is 6.03. The van der Waals surface area contributed by atoms with Gasteiger partial charge in [-0.15, -0.1) is 0 Å². The first kappa shape index (κ1) is 13.4. The molecule has 17 heavy (non-hydrogen) atoms. The predicted molar refractivity (Wildman–Crippen MR) is 75.5 cm³/mol. The largest absolute Gasteiger partial charge is 0.388 e. The molecule has 0 aliphatic carbocycles. The standard InChI is InChI=1S/C12H19BrN2OS/c1-4-15-10(11(13)8(2)14-15)7-12(16)5-6-17-9(12)3/h9,16H,4-7H2,1-3H3. The van der Waals surface area contributed by atoms with Gasteiger partial charge in [-0.05, 0) is 42.0 Å². The van der Waals surface area contributed by atoms with Crippen molar-refractivity contribution in [3.05, 3.63) is 15.9 Å². The van der Waals surface area contributed by atoms with E-state index < -0.39 is 5.60 Å². The van der Waals surface area contributed by atoms with Crippen molar-refractivity contribution in [3.8, 4) is 0 Å². The molecule has 1 aliphatic heterocycles. The Kier molecular flexibility index (Phi) is 3.90. The summed E-state index contributed by atoms with van der Waals surface area (Å²) in [5, 5.41) is 15.5. The smallest absolute Gasteiger partial charge is 0.0826 e. The highest BCUT2D eigenvalue weighted by atomic mass is 79.9. The molecule has 0 saturated carbocycles. The third kappa shape index (κ3) is 2.42. The molecule has 1 aromatic rings. The van der Waals surface area contributed by atoms with E-state index in [1.54, 1.807) is 0 Å². The molecule has 1 fully saturated rings. The normalized spacial score (nSPS) is 28.9. The monoisotopic (exact) mass is 318 g/mol. The van der Waals surface area contributed by atoms with Gasteiger partial charge in [-0.2, -0.15) is 16.9 Å². The van der Waals surface area contributed by atoms with Crippen molar-refractivity contribution in [2.45, 2.75) is 51.0 Å². The quantitative estimate of drug-likeness (QED) is 0.931. The Morgan fingerprint density at radius 2 is 2.35 bits per heavy atom. The zero-order chi connectivity index (χ0) is 12.6. The van der Waals surface area contributed by atoms with Crippen molar-refractivity contribution in [2.24, 2.45) is 0 Å². The summed E-state index contributed by atoms with van der Waals surface area (Å²) >= 11 is 5.45. The van der Waals surface area contributed by atoms with E-state index in [0.29, 0.717) is 11.7 Å². The second kappa shape index (κ2) is 4.94. The van der Waals surface area contributed by atoms with Crippen LogP contribution in [0, 0.1) is 6.92 Å². The molecule has 0 amide bonds. The molecular formula is C12H19BrN2OS. The summed E-state index contributed by atoms with van der Waals surface area (Å²) in [6.45, 7) is 7.04. The molecule has 0 radical (unpaired) electrons. The number of nitrogens with zero attached hydrogens (tertiary/aromatic N) is 2. The third-order valence-electron chi connectivity index (χ3n) is 3.59. The fourth-order valence-corrected chi connectivity index (χ4v) is 4.09. The number of hydrogen-bond donors (Lipinski definition) is 1. The number of aryl methyl sites for hydroxylation is 2. The summed E-state index contributed by atoms with van der Waals surface area (Å²) < 4.78 is 3.05. The average molecular weight is 319 g/mol. The molecule has 96 valence electrons. The van der Waals surface area contributed by atoms with Gasteiger partial charge in [0.1, 0.15) is 0 Å². The molecule has 0 aromatic carbocycles. The maximum atomic E-state index is 10.7. The van der Waals surface area contributed by atoms with Gasteiger partial charge in [0, 0.05) is 18.2 Å². The Labute approximate surface area is 115 Å². The minimum atomic E-state index is -0.577. The van der Waals surface area contributed by atoms with Crippen LogP contribution in [0.2, 0.25) is 0 Å². The minimum absolute atomic E-state index is 0.301. The molecular weight excluding hydrogens is 300 g/mol. The summed E-state index contributed by atoms with van der Waals surface area (Å²) in [6.07, 6.45) is 1.57. The van der Waals surface area contributed by atoms with E-state index in [9.17, 15) is 5.11 Å². The zero-order valence-electron chi connectivity index (χ0n) is 10.5. The highest BCUT2D eigenvalue weighted by Gasteiger charge is 2.40. The number of halogens is 1. The van der Waals surface area contributed by atoms with Crippen LogP contribution in [0.1, 0.15) is 31.7 Å². The number of aromatic nitrogens is 2. The van der Waals surface area contributed by atoms with Gasteiger partial charge in [0.15, 0.2) is 0 Å². The maximum Gasteiger partial charge on any atom is 0.0826 e. The van der Waals surface area contributed by atoms with Crippen LogP contribution in [0.25, 0.3) is 0 Å². The van der Waals surface area contributed by atoms with Crippen LogP contribution >= 0.6 is 27.7 Å². The van der Waals surface area contributed by atoms with Gasteiger partial charge in [-0.3, -0.25) is 4.68 Å². The van der Waals surface area contributed by atoms with Crippen molar-refractivity contribution in [2.75, 3.05) is 5.75 Å². The van der Waals surface area contributed by atoms with Crippen LogP contribution in [-0.4, -0.2) is 31.5 Å². The van der Waals surface area contributed by atoms with Gasteiger partial charge in [-0.25, -0.2) is 0 Å². The van der Waals surface area contributed by atoms with Crippen molar-refractivity contribution < 1.29 is 5.11 Å². The van der Waals surface area contributed by atoms with Gasteiger partial charge in [0.25, 0.3) is 0 Å². The molecule has 2 atom stereocenters. The van der Waals surface area contributed by atoms with E-state index in [-0.39, 0.29) is 0 Å². The predicted octanol–water partition coefficient (Wildman–Crippen LogP) is 2.77. The van der Waals surface area contributed by atoms with E-state index in [4.69, 9.17) is 0 Å². The first-order valence-corrected chi connectivity index (χ1v) is 7.88. The zero-order valence-corrected chi connectivity index (χ0v) is 12.9. The van der Waals surface area contributed by atoms with Gasteiger partial charge >= 0.3 is 0 Å². The highest BCUT2D eigenvalue weighted by Crippen LogP contribution is 2.39.